The van der Waals surface area contributed by atoms with Gasteiger partial charge in [0.15, 0.2) is 0 Å². The number of carbonyl (C=O) groups excluding carboxylic acids is 2. The fourth-order valence-electron chi connectivity index (χ4n) is 2.50. The van der Waals surface area contributed by atoms with E-state index in [1.54, 1.807) is 17.2 Å². The van der Waals surface area contributed by atoms with Crippen molar-refractivity contribution in [2.24, 2.45) is 5.92 Å². The van der Waals surface area contributed by atoms with Gasteiger partial charge in [-0.25, -0.2) is 0 Å². The van der Waals surface area contributed by atoms with Gasteiger partial charge in [0.1, 0.15) is 6.26 Å². The largest absolute Gasteiger partial charge is 0.472 e. The Morgan fingerprint density at radius 1 is 1.23 bits per heavy atom. The van der Waals surface area contributed by atoms with Gasteiger partial charge < -0.3 is 14.6 Å². The second kappa shape index (κ2) is 10.4. The molecule has 6 heteroatoms. The minimum absolute atomic E-state index is 0.0597. The van der Waals surface area contributed by atoms with Crippen LogP contribution < -0.4 is 5.32 Å². The number of furan rings is 1. The van der Waals surface area contributed by atoms with Gasteiger partial charge in [0.05, 0.1) is 11.8 Å². The number of rotatable bonds is 10. The smallest absolute Gasteiger partial charge is 0.257 e. The van der Waals surface area contributed by atoms with Crippen molar-refractivity contribution in [3.63, 3.8) is 0 Å². The third-order valence-electron chi connectivity index (χ3n) is 4.07. The van der Waals surface area contributed by atoms with Gasteiger partial charge in [-0.1, -0.05) is 19.9 Å². The number of aromatic nitrogens is 1. The lowest BCUT2D eigenvalue weighted by Gasteiger charge is -2.23. The van der Waals surface area contributed by atoms with Crippen molar-refractivity contribution >= 4 is 11.8 Å². The minimum Gasteiger partial charge on any atom is -0.472 e. The van der Waals surface area contributed by atoms with Crippen LogP contribution in [0.25, 0.3) is 0 Å². The summed E-state index contributed by atoms with van der Waals surface area (Å²) in [6, 6.07) is 7.38. The van der Waals surface area contributed by atoms with Gasteiger partial charge in [-0.3, -0.25) is 14.6 Å². The number of nitrogens with zero attached hydrogens (tertiary/aromatic N) is 2. The van der Waals surface area contributed by atoms with Crippen molar-refractivity contribution in [2.45, 2.75) is 33.1 Å². The Morgan fingerprint density at radius 3 is 2.73 bits per heavy atom. The molecule has 0 unspecified atom stereocenters. The lowest BCUT2D eigenvalue weighted by atomic mass is 10.1. The Hall–Kier alpha value is -2.63. The van der Waals surface area contributed by atoms with E-state index in [1.807, 2.05) is 18.2 Å². The SMILES string of the molecule is CC(C)CCN(CCC(=O)NCCc1ccccn1)C(=O)c1ccoc1. The molecule has 2 amide bonds. The molecule has 0 aliphatic rings. The number of pyridine rings is 1. The molecule has 0 atom stereocenters. The van der Waals surface area contributed by atoms with E-state index in [-0.39, 0.29) is 18.2 Å². The molecule has 0 aromatic carbocycles. The first-order chi connectivity index (χ1) is 12.6. The van der Waals surface area contributed by atoms with Gasteiger partial charge in [0, 0.05) is 44.4 Å². The van der Waals surface area contributed by atoms with Crippen molar-refractivity contribution < 1.29 is 14.0 Å². The summed E-state index contributed by atoms with van der Waals surface area (Å²) in [6.45, 7) is 5.79. The van der Waals surface area contributed by atoms with Crippen LogP contribution in [0.3, 0.4) is 0 Å². The number of hydrogen-bond donors (Lipinski definition) is 1. The summed E-state index contributed by atoms with van der Waals surface area (Å²) in [5.74, 6) is 0.331. The quantitative estimate of drug-likeness (QED) is 0.709. The normalized spacial score (nSPS) is 10.7. The number of amides is 2. The van der Waals surface area contributed by atoms with Gasteiger partial charge in [-0.15, -0.1) is 0 Å². The van der Waals surface area contributed by atoms with E-state index in [0.29, 0.717) is 37.5 Å². The average Bonchev–Trinajstić information content (AvgIpc) is 3.16. The van der Waals surface area contributed by atoms with Crippen LogP contribution in [-0.2, 0) is 11.2 Å². The Kier molecular flexibility index (Phi) is 7.86. The lowest BCUT2D eigenvalue weighted by molar-refractivity contribution is -0.121. The van der Waals surface area contributed by atoms with Crippen LogP contribution in [0.15, 0.2) is 47.4 Å². The molecule has 0 saturated heterocycles. The summed E-state index contributed by atoms with van der Waals surface area (Å²) in [6.07, 6.45) is 6.54. The zero-order valence-electron chi connectivity index (χ0n) is 15.5. The van der Waals surface area contributed by atoms with Crippen LogP contribution in [0.2, 0.25) is 0 Å². The molecule has 26 heavy (non-hydrogen) atoms. The maximum absolute atomic E-state index is 12.6. The molecule has 2 aromatic heterocycles. The highest BCUT2D eigenvalue weighted by molar-refractivity contribution is 5.94. The zero-order valence-corrected chi connectivity index (χ0v) is 15.5. The van der Waals surface area contributed by atoms with Crippen LogP contribution in [0.5, 0.6) is 0 Å². The predicted molar refractivity (Wildman–Crippen MR) is 99.6 cm³/mol. The van der Waals surface area contributed by atoms with Crippen molar-refractivity contribution in [1.29, 1.82) is 0 Å². The van der Waals surface area contributed by atoms with E-state index in [2.05, 4.69) is 24.1 Å². The molecule has 2 aromatic rings. The number of nitrogens with one attached hydrogen (secondary N) is 1. The Balaban J connectivity index is 1.79. The van der Waals surface area contributed by atoms with Crippen molar-refractivity contribution in [3.8, 4) is 0 Å². The summed E-state index contributed by atoms with van der Waals surface area (Å²) in [4.78, 5) is 30.6. The third-order valence-corrected chi connectivity index (χ3v) is 4.07. The molecule has 0 aliphatic carbocycles. The highest BCUT2D eigenvalue weighted by Crippen LogP contribution is 2.09. The molecular weight excluding hydrogens is 330 g/mol. The topological polar surface area (TPSA) is 75.4 Å². The molecule has 6 nitrogen and oxygen atoms in total. The van der Waals surface area contributed by atoms with Crippen molar-refractivity contribution in [1.82, 2.24) is 15.2 Å². The molecule has 0 spiro atoms. The minimum atomic E-state index is -0.0966. The molecule has 0 saturated carbocycles. The Bertz CT molecular complexity index is 669. The highest BCUT2D eigenvalue weighted by atomic mass is 16.3. The highest BCUT2D eigenvalue weighted by Gasteiger charge is 2.18. The van der Waals surface area contributed by atoms with Gasteiger partial charge >= 0.3 is 0 Å². The van der Waals surface area contributed by atoms with Crippen LogP contribution in [-0.4, -0.2) is 41.3 Å². The van der Waals surface area contributed by atoms with E-state index >= 15 is 0 Å². The predicted octanol–water partition coefficient (Wildman–Crippen LogP) is 2.91. The molecule has 2 rings (SSSR count). The zero-order chi connectivity index (χ0) is 18.8. The first-order valence-electron chi connectivity index (χ1n) is 9.04. The number of carbonyl (C=O) groups is 2. The molecular formula is C20H27N3O3. The van der Waals surface area contributed by atoms with Crippen molar-refractivity contribution in [3.05, 3.63) is 54.2 Å². The molecule has 2 heterocycles. The Labute approximate surface area is 154 Å². The molecule has 0 bridgehead atoms. The first kappa shape index (κ1) is 19.7. The summed E-state index contributed by atoms with van der Waals surface area (Å²) in [5.41, 5.74) is 1.46. The average molecular weight is 357 g/mol. The van der Waals surface area contributed by atoms with Gasteiger partial charge in [-0.05, 0) is 30.5 Å². The van der Waals surface area contributed by atoms with Crippen LogP contribution in [0.4, 0.5) is 0 Å². The molecule has 1 N–H and O–H groups in total. The first-order valence-corrected chi connectivity index (χ1v) is 9.04. The van der Waals surface area contributed by atoms with Crippen LogP contribution in [0, 0.1) is 5.92 Å². The van der Waals surface area contributed by atoms with Gasteiger partial charge in [0.2, 0.25) is 5.91 Å². The lowest BCUT2D eigenvalue weighted by Crippen LogP contribution is -2.36. The summed E-state index contributed by atoms with van der Waals surface area (Å²) in [7, 11) is 0. The van der Waals surface area contributed by atoms with E-state index in [1.165, 1.54) is 12.5 Å². The van der Waals surface area contributed by atoms with Gasteiger partial charge in [-0.2, -0.15) is 0 Å². The van der Waals surface area contributed by atoms with Crippen LogP contribution >= 0.6 is 0 Å². The van der Waals surface area contributed by atoms with Gasteiger partial charge in [0.25, 0.3) is 5.91 Å². The fourth-order valence-corrected chi connectivity index (χ4v) is 2.50. The molecule has 0 aliphatic heterocycles. The van der Waals surface area contributed by atoms with Crippen molar-refractivity contribution in [2.75, 3.05) is 19.6 Å². The second-order valence-corrected chi connectivity index (χ2v) is 6.66. The molecule has 140 valence electrons. The van der Waals surface area contributed by atoms with E-state index < -0.39 is 0 Å². The standard InChI is InChI=1S/C20H27N3O3/c1-16(2)7-12-23(20(25)17-9-14-26-15-17)13-8-19(24)22-11-6-18-5-3-4-10-21-18/h3-5,9-10,14-16H,6-8,11-13H2,1-2H3,(H,22,24). The third kappa shape index (κ3) is 6.70. The maximum Gasteiger partial charge on any atom is 0.257 e. The summed E-state index contributed by atoms with van der Waals surface area (Å²) >= 11 is 0. The van der Waals surface area contributed by atoms with E-state index in [9.17, 15) is 9.59 Å². The monoisotopic (exact) mass is 357 g/mol. The second-order valence-electron chi connectivity index (χ2n) is 6.66. The summed E-state index contributed by atoms with van der Waals surface area (Å²) in [5, 5.41) is 2.89. The number of hydrogen-bond acceptors (Lipinski definition) is 4. The summed E-state index contributed by atoms with van der Waals surface area (Å²) < 4.78 is 5.00. The Morgan fingerprint density at radius 2 is 2.08 bits per heavy atom. The van der Waals surface area contributed by atoms with E-state index in [0.717, 1.165) is 12.1 Å². The molecule has 0 radical (unpaired) electrons. The van der Waals surface area contributed by atoms with Crippen LogP contribution in [0.1, 0.15) is 42.7 Å². The maximum atomic E-state index is 12.6. The molecule has 0 fully saturated rings. The van der Waals surface area contributed by atoms with E-state index in [4.69, 9.17) is 4.42 Å². The fraction of sp³-hybridized carbons (Fsp3) is 0.450.